The van der Waals surface area contributed by atoms with E-state index in [1.165, 1.54) is 18.3 Å². The van der Waals surface area contributed by atoms with Crippen LogP contribution in [0.25, 0.3) is 5.76 Å². The van der Waals surface area contributed by atoms with Crippen LogP contribution >= 0.6 is 0 Å². The van der Waals surface area contributed by atoms with Crippen LogP contribution in [-0.2, 0) is 16.1 Å². The molecular formula is C22H18N2O5. The number of aliphatic hydroxyl groups is 1. The molecule has 7 heteroatoms. The summed E-state index contributed by atoms with van der Waals surface area (Å²) in [5.74, 6) is -0.649. The smallest absolute Gasteiger partial charge is 0.296 e. The molecule has 0 spiro atoms. The van der Waals surface area contributed by atoms with Crippen LogP contribution in [0.1, 0.15) is 22.9 Å². The molecule has 1 unspecified atom stereocenters. The molecule has 0 radical (unpaired) electrons. The Bertz CT molecular complexity index is 1070. The number of carbonyl (C=O) groups is 2. The zero-order valence-electron chi connectivity index (χ0n) is 15.6. The van der Waals surface area contributed by atoms with Gasteiger partial charge in [0.05, 0.1) is 31.5 Å². The Kier molecular flexibility index (Phi) is 4.87. The number of Topliss-reactive ketones (excluding diaryl/α,β-unsaturated/α-hetero) is 1. The van der Waals surface area contributed by atoms with Gasteiger partial charge in [-0.15, -0.1) is 0 Å². The summed E-state index contributed by atoms with van der Waals surface area (Å²) in [5, 5.41) is 11.0. The number of nitrogens with zero attached hydrogens (tertiary/aromatic N) is 2. The quantitative estimate of drug-likeness (QED) is 0.408. The average molecular weight is 390 g/mol. The van der Waals surface area contributed by atoms with Gasteiger partial charge in [-0.25, -0.2) is 0 Å². The maximum absolute atomic E-state index is 12.9. The lowest BCUT2D eigenvalue weighted by Gasteiger charge is -2.24. The second-order valence-corrected chi connectivity index (χ2v) is 6.52. The molecule has 29 heavy (non-hydrogen) atoms. The molecule has 1 aromatic carbocycles. The van der Waals surface area contributed by atoms with Crippen LogP contribution in [0.15, 0.2) is 77.2 Å². The highest BCUT2D eigenvalue weighted by molar-refractivity contribution is 6.46. The number of rotatable bonds is 5. The first-order valence-corrected chi connectivity index (χ1v) is 8.95. The first-order chi connectivity index (χ1) is 14.1. The van der Waals surface area contributed by atoms with Gasteiger partial charge in [-0.05, 0) is 42.0 Å². The van der Waals surface area contributed by atoms with Gasteiger partial charge >= 0.3 is 0 Å². The van der Waals surface area contributed by atoms with E-state index in [4.69, 9.17) is 9.15 Å². The molecule has 0 saturated carbocycles. The standard InChI is InChI=1S/C22H18N2O5/c1-28-16-5-2-4-15(12-16)20(25)18-19(14-7-9-23-10-8-14)24(22(27)21(18)26)13-17-6-3-11-29-17/h2-12,19,25H,13H2,1H3. The topological polar surface area (TPSA) is 92.9 Å². The summed E-state index contributed by atoms with van der Waals surface area (Å²) < 4.78 is 10.6. The van der Waals surface area contributed by atoms with Crippen molar-refractivity contribution in [1.82, 2.24) is 9.88 Å². The number of ether oxygens (including phenoxy) is 1. The Hall–Kier alpha value is -3.87. The number of hydrogen-bond acceptors (Lipinski definition) is 6. The van der Waals surface area contributed by atoms with Crippen molar-refractivity contribution in [2.75, 3.05) is 7.11 Å². The summed E-state index contributed by atoms with van der Waals surface area (Å²) in [7, 11) is 1.51. The minimum absolute atomic E-state index is 0.0148. The van der Waals surface area contributed by atoms with Gasteiger partial charge in [-0.1, -0.05) is 12.1 Å². The molecule has 2 aromatic heterocycles. The van der Waals surface area contributed by atoms with Crippen LogP contribution < -0.4 is 4.74 Å². The van der Waals surface area contributed by atoms with Gasteiger partial charge < -0.3 is 19.2 Å². The Labute approximate surface area is 166 Å². The summed E-state index contributed by atoms with van der Waals surface area (Å²) in [6.45, 7) is 0.0967. The highest BCUT2D eigenvalue weighted by Crippen LogP contribution is 2.40. The summed E-state index contributed by atoms with van der Waals surface area (Å²) in [5.41, 5.74) is 1.07. The average Bonchev–Trinajstić information content (AvgIpc) is 3.36. The van der Waals surface area contributed by atoms with Gasteiger partial charge in [-0.3, -0.25) is 14.6 Å². The van der Waals surface area contributed by atoms with Crippen LogP contribution in [0.3, 0.4) is 0 Å². The first-order valence-electron chi connectivity index (χ1n) is 8.95. The Morgan fingerprint density at radius 1 is 1.17 bits per heavy atom. The molecular weight excluding hydrogens is 372 g/mol. The second-order valence-electron chi connectivity index (χ2n) is 6.52. The normalized spacial score (nSPS) is 18.2. The SMILES string of the molecule is COc1cccc(C(O)=C2C(=O)C(=O)N(Cc3ccco3)C2c2ccncc2)c1. The first kappa shape index (κ1) is 18.5. The van der Waals surface area contributed by atoms with Gasteiger partial charge in [-0.2, -0.15) is 0 Å². The Morgan fingerprint density at radius 2 is 1.97 bits per heavy atom. The van der Waals surface area contributed by atoms with Crippen molar-refractivity contribution >= 4 is 17.4 Å². The third-order valence-electron chi connectivity index (χ3n) is 4.81. The monoisotopic (exact) mass is 390 g/mol. The van der Waals surface area contributed by atoms with Crippen LogP contribution in [0.4, 0.5) is 0 Å². The van der Waals surface area contributed by atoms with Crippen molar-refractivity contribution in [3.63, 3.8) is 0 Å². The maximum Gasteiger partial charge on any atom is 0.296 e. The fourth-order valence-corrected chi connectivity index (χ4v) is 3.43. The number of amides is 1. The summed E-state index contributed by atoms with van der Waals surface area (Å²) in [6, 6.07) is 12.8. The highest BCUT2D eigenvalue weighted by atomic mass is 16.5. The fraction of sp³-hybridized carbons (Fsp3) is 0.136. The van der Waals surface area contributed by atoms with Gasteiger partial charge in [0.1, 0.15) is 17.3 Å². The molecule has 3 heterocycles. The van der Waals surface area contributed by atoms with Crippen molar-refractivity contribution in [3.05, 3.63) is 89.6 Å². The molecule has 1 N–H and O–H groups in total. The molecule has 1 aliphatic heterocycles. The molecule has 1 atom stereocenters. The lowest BCUT2D eigenvalue weighted by Crippen LogP contribution is -2.29. The van der Waals surface area contributed by atoms with Gasteiger partial charge in [0, 0.05) is 18.0 Å². The molecule has 4 rings (SSSR count). The molecule has 7 nitrogen and oxygen atoms in total. The van der Waals surface area contributed by atoms with E-state index in [1.54, 1.807) is 60.9 Å². The maximum atomic E-state index is 12.9. The van der Waals surface area contributed by atoms with E-state index in [2.05, 4.69) is 4.98 Å². The van der Waals surface area contributed by atoms with E-state index >= 15 is 0 Å². The van der Waals surface area contributed by atoms with Gasteiger partial charge in [0.2, 0.25) is 0 Å². The number of hydrogen-bond donors (Lipinski definition) is 1. The van der Waals surface area contributed by atoms with E-state index in [1.807, 2.05) is 0 Å². The minimum atomic E-state index is -0.769. The molecule has 1 saturated heterocycles. The van der Waals surface area contributed by atoms with E-state index in [9.17, 15) is 14.7 Å². The van der Waals surface area contributed by atoms with Crippen LogP contribution in [0.2, 0.25) is 0 Å². The number of ketones is 1. The number of aromatic nitrogens is 1. The molecule has 3 aromatic rings. The molecule has 1 fully saturated rings. The zero-order chi connectivity index (χ0) is 20.4. The third-order valence-corrected chi connectivity index (χ3v) is 4.81. The number of pyridine rings is 1. The number of carbonyl (C=O) groups excluding carboxylic acids is 2. The number of methoxy groups -OCH3 is 1. The lowest BCUT2D eigenvalue weighted by atomic mass is 9.96. The Morgan fingerprint density at radius 3 is 2.66 bits per heavy atom. The Balaban J connectivity index is 1.86. The summed E-state index contributed by atoms with van der Waals surface area (Å²) >= 11 is 0. The predicted octanol–water partition coefficient (Wildman–Crippen LogP) is 3.31. The number of aliphatic hydroxyl groups excluding tert-OH is 1. The fourth-order valence-electron chi connectivity index (χ4n) is 3.43. The number of benzene rings is 1. The number of furan rings is 1. The summed E-state index contributed by atoms with van der Waals surface area (Å²) in [6.07, 6.45) is 4.66. The van der Waals surface area contributed by atoms with Crippen LogP contribution in [0, 0.1) is 0 Å². The molecule has 146 valence electrons. The lowest BCUT2D eigenvalue weighted by molar-refractivity contribution is -0.140. The molecule has 1 amide bonds. The van der Waals surface area contributed by atoms with Crippen molar-refractivity contribution in [2.24, 2.45) is 0 Å². The van der Waals surface area contributed by atoms with Crippen molar-refractivity contribution in [1.29, 1.82) is 0 Å². The van der Waals surface area contributed by atoms with E-state index in [0.29, 0.717) is 22.6 Å². The van der Waals surface area contributed by atoms with Crippen LogP contribution in [0.5, 0.6) is 5.75 Å². The molecule has 0 aliphatic carbocycles. The van der Waals surface area contributed by atoms with Crippen molar-refractivity contribution < 1.29 is 23.8 Å². The largest absolute Gasteiger partial charge is 0.507 e. The summed E-state index contributed by atoms with van der Waals surface area (Å²) in [4.78, 5) is 31.1. The van der Waals surface area contributed by atoms with Crippen LogP contribution in [-0.4, -0.2) is 33.8 Å². The number of likely N-dealkylation sites (tertiary alicyclic amines) is 1. The van der Waals surface area contributed by atoms with Crippen molar-refractivity contribution in [3.8, 4) is 5.75 Å². The second kappa shape index (κ2) is 7.63. The highest BCUT2D eigenvalue weighted by Gasteiger charge is 2.46. The van der Waals surface area contributed by atoms with E-state index < -0.39 is 17.7 Å². The zero-order valence-corrected chi connectivity index (χ0v) is 15.6. The van der Waals surface area contributed by atoms with Crippen molar-refractivity contribution in [2.45, 2.75) is 12.6 Å². The molecule has 0 bridgehead atoms. The predicted molar refractivity (Wildman–Crippen MR) is 104 cm³/mol. The molecule has 1 aliphatic rings. The third kappa shape index (κ3) is 3.38. The van der Waals surface area contributed by atoms with E-state index in [-0.39, 0.29) is 17.9 Å². The van der Waals surface area contributed by atoms with E-state index in [0.717, 1.165) is 0 Å². The minimum Gasteiger partial charge on any atom is -0.507 e. The van der Waals surface area contributed by atoms with Gasteiger partial charge in [0.15, 0.2) is 0 Å². The van der Waals surface area contributed by atoms with Gasteiger partial charge in [0.25, 0.3) is 11.7 Å².